The zero-order valence-electron chi connectivity index (χ0n) is 14.9. The first-order valence-electron chi connectivity index (χ1n) is 8.98. The molecule has 2 amide bonds. The Labute approximate surface area is 156 Å². The second-order valence-electron chi connectivity index (χ2n) is 6.56. The number of carbonyl (C=O) groups is 2. The Hall–Kier alpha value is -3.22. The van der Waals surface area contributed by atoms with Gasteiger partial charge in [0.25, 0.3) is 5.69 Å². The van der Waals surface area contributed by atoms with Crippen LogP contribution in [0.1, 0.15) is 36.8 Å². The van der Waals surface area contributed by atoms with Gasteiger partial charge >= 0.3 is 0 Å². The number of hydrogen-bond acceptors (Lipinski definition) is 4. The lowest BCUT2D eigenvalue weighted by Crippen LogP contribution is -2.09. The Kier molecular flexibility index (Phi) is 5.80. The van der Waals surface area contributed by atoms with Crippen molar-refractivity contribution >= 4 is 28.9 Å². The topological polar surface area (TPSA) is 101 Å². The number of para-hydroxylation sites is 1. The maximum atomic E-state index is 11.2. The summed E-state index contributed by atoms with van der Waals surface area (Å²) in [5.41, 5.74) is 3.85. The highest BCUT2D eigenvalue weighted by molar-refractivity contribution is 5.92. The van der Waals surface area contributed by atoms with E-state index in [1.165, 1.54) is 17.7 Å². The average molecular weight is 367 g/mol. The van der Waals surface area contributed by atoms with Crippen molar-refractivity contribution in [1.82, 2.24) is 0 Å². The molecule has 27 heavy (non-hydrogen) atoms. The zero-order valence-corrected chi connectivity index (χ0v) is 14.9. The van der Waals surface area contributed by atoms with Crippen molar-refractivity contribution < 1.29 is 14.5 Å². The first-order valence-corrected chi connectivity index (χ1v) is 8.98. The van der Waals surface area contributed by atoms with Crippen molar-refractivity contribution in [2.75, 3.05) is 10.6 Å². The van der Waals surface area contributed by atoms with Crippen LogP contribution in [-0.2, 0) is 22.4 Å². The predicted octanol–water partition coefficient (Wildman–Crippen LogP) is 3.83. The van der Waals surface area contributed by atoms with Crippen LogP contribution in [0.4, 0.5) is 17.1 Å². The van der Waals surface area contributed by atoms with Crippen molar-refractivity contribution in [3.8, 4) is 0 Å². The van der Waals surface area contributed by atoms with Crippen LogP contribution in [0.15, 0.2) is 42.5 Å². The molecule has 2 aliphatic heterocycles. The molecule has 7 heteroatoms. The fraction of sp³-hybridized carbons (Fsp3) is 0.300. The predicted molar refractivity (Wildman–Crippen MR) is 103 cm³/mol. The highest BCUT2D eigenvalue weighted by Gasteiger charge is 2.16. The Bertz CT molecular complexity index is 879. The molecule has 2 aromatic rings. The van der Waals surface area contributed by atoms with Crippen LogP contribution >= 0.6 is 0 Å². The van der Waals surface area contributed by atoms with Crippen molar-refractivity contribution in [2.45, 2.75) is 38.5 Å². The van der Waals surface area contributed by atoms with Gasteiger partial charge in [0.2, 0.25) is 11.8 Å². The molecule has 140 valence electrons. The van der Waals surface area contributed by atoms with E-state index in [1.54, 1.807) is 6.07 Å². The second-order valence-corrected chi connectivity index (χ2v) is 6.56. The summed E-state index contributed by atoms with van der Waals surface area (Å²) in [6, 6.07) is 12.5. The zero-order chi connectivity index (χ0) is 19.2. The highest BCUT2D eigenvalue weighted by Crippen LogP contribution is 2.26. The number of aryl methyl sites for hydroxylation is 2. The molecule has 0 unspecified atom stereocenters. The standard InChI is InChI=1S/C10H10N2O3.C10H11NO/c13-10-3-1-2-7-6-8(12(14)15)4-5-9(7)11-10;12-10-7-3-5-8-4-1-2-6-9(8)11-10/h4-6H,1-3H2,(H,11,13);1-2,4,6H,3,5,7H2,(H,11,12). The van der Waals surface area contributed by atoms with Gasteiger partial charge in [-0.3, -0.25) is 19.7 Å². The van der Waals surface area contributed by atoms with E-state index in [0.29, 0.717) is 24.9 Å². The summed E-state index contributed by atoms with van der Waals surface area (Å²) in [6.07, 6.45) is 4.53. The Morgan fingerprint density at radius 2 is 1.37 bits per heavy atom. The first-order chi connectivity index (χ1) is 13.0. The van der Waals surface area contributed by atoms with E-state index in [1.807, 2.05) is 18.2 Å². The number of hydrogen-bond donors (Lipinski definition) is 2. The number of amides is 2. The molecule has 0 atom stereocenters. The minimum atomic E-state index is -0.424. The molecule has 2 heterocycles. The fourth-order valence-corrected chi connectivity index (χ4v) is 3.19. The summed E-state index contributed by atoms with van der Waals surface area (Å²) in [5, 5.41) is 16.2. The Morgan fingerprint density at radius 1 is 0.778 bits per heavy atom. The SMILES string of the molecule is O=C1CCCc2cc([N+](=O)[O-])ccc2N1.O=C1CCCc2ccccc2N1. The molecule has 0 radical (unpaired) electrons. The maximum absolute atomic E-state index is 11.2. The lowest BCUT2D eigenvalue weighted by molar-refractivity contribution is -0.384. The third-order valence-corrected chi connectivity index (χ3v) is 4.57. The van der Waals surface area contributed by atoms with Gasteiger partial charge in [-0.05, 0) is 48.9 Å². The maximum Gasteiger partial charge on any atom is 0.269 e. The van der Waals surface area contributed by atoms with Gasteiger partial charge < -0.3 is 10.6 Å². The van der Waals surface area contributed by atoms with Crippen LogP contribution in [0, 0.1) is 10.1 Å². The summed E-state index contributed by atoms with van der Waals surface area (Å²) in [7, 11) is 0. The number of non-ortho nitro benzene ring substituents is 1. The van der Waals surface area contributed by atoms with Crippen molar-refractivity contribution in [2.24, 2.45) is 0 Å². The van der Waals surface area contributed by atoms with Crippen molar-refractivity contribution in [3.63, 3.8) is 0 Å². The molecule has 0 spiro atoms. The molecule has 0 aromatic heterocycles. The van der Waals surface area contributed by atoms with Gasteiger partial charge in [0, 0.05) is 36.3 Å². The fourth-order valence-electron chi connectivity index (χ4n) is 3.19. The molecule has 0 saturated heterocycles. The molecule has 0 saturated carbocycles. The van der Waals surface area contributed by atoms with Gasteiger partial charge in [-0.15, -0.1) is 0 Å². The first kappa shape index (κ1) is 18.6. The van der Waals surface area contributed by atoms with E-state index in [4.69, 9.17) is 0 Å². The van der Waals surface area contributed by atoms with Crippen LogP contribution in [0.3, 0.4) is 0 Å². The number of anilines is 2. The number of nitro benzene ring substituents is 1. The molecule has 0 aliphatic carbocycles. The molecule has 0 bridgehead atoms. The summed E-state index contributed by atoms with van der Waals surface area (Å²) in [4.78, 5) is 32.5. The Balaban J connectivity index is 0.000000159. The van der Waals surface area contributed by atoms with E-state index in [-0.39, 0.29) is 17.5 Å². The number of nitrogens with one attached hydrogen (secondary N) is 2. The van der Waals surface area contributed by atoms with E-state index in [9.17, 15) is 19.7 Å². The largest absolute Gasteiger partial charge is 0.326 e. The van der Waals surface area contributed by atoms with E-state index >= 15 is 0 Å². The lowest BCUT2D eigenvalue weighted by atomic mass is 10.1. The summed E-state index contributed by atoms with van der Waals surface area (Å²) in [6.45, 7) is 0. The van der Waals surface area contributed by atoms with E-state index in [0.717, 1.165) is 30.5 Å². The number of nitro groups is 1. The molecule has 2 aromatic carbocycles. The lowest BCUT2D eigenvalue weighted by Gasteiger charge is -2.05. The number of rotatable bonds is 1. The van der Waals surface area contributed by atoms with E-state index in [2.05, 4.69) is 16.7 Å². The van der Waals surface area contributed by atoms with Gasteiger partial charge in [0.05, 0.1) is 4.92 Å². The number of nitrogens with zero attached hydrogens (tertiary/aromatic N) is 1. The summed E-state index contributed by atoms with van der Waals surface area (Å²) >= 11 is 0. The molecular weight excluding hydrogens is 346 g/mol. The molecular formula is C20H21N3O4. The van der Waals surface area contributed by atoms with Crippen LogP contribution in [-0.4, -0.2) is 16.7 Å². The quantitative estimate of drug-likeness (QED) is 0.591. The molecule has 2 aliphatic rings. The van der Waals surface area contributed by atoms with Crippen molar-refractivity contribution in [1.29, 1.82) is 0 Å². The number of fused-ring (bicyclic) bond motifs is 2. The van der Waals surface area contributed by atoms with Gasteiger partial charge in [0.1, 0.15) is 0 Å². The molecule has 7 nitrogen and oxygen atoms in total. The van der Waals surface area contributed by atoms with Crippen molar-refractivity contribution in [3.05, 3.63) is 63.7 Å². The van der Waals surface area contributed by atoms with Crippen LogP contribution in [0.2, 0.25) is 0 Å². The normalized spacial score (nSPS) is 15.6. The molecule has 2 N–H and O–H groups in total. The third-order valence-electron chi connectivity index (χ3n) is 4.57. The smallest absolute Gasteiger partial charge is 0.269 e. The van der Waals surface area contributed by atoms with Crippen LogP contribution in [0.25, 0.3) is 0 Å². The minimum absolute atomic E-state index is 0.0254. The third kappa shape index (κ3) is 4.91. The Morgan fingerprint density at radius 3 is 2.04 bits per heavy atom. The van der Waals surface area contributed by atoms with Gasteiger partial charge in [-0.1, -0.05) is 18.2 Å². The van der Waals surface area contributed by atoms with Gasteiger partial charge in [0.15, 0.2) is 0 Å². The highest BCUT2D eigenvalue weighted by atomic mass is 16.6. The van der Waals surface area contributed by atoms with Crippen LogP contribution in [0.5, 0.6) is 0 Å². The van der Waals surface area contributed by atoms with Gasteiger partial charge in [-0.2, -0.15) is 0 Å². The van der Waals surface area contributed by atoms with Gasteiger partial charge in [-0.25, -0.2) is 0 Å². The minimum Gasteiger partial charge on any atom is -0.326 e. The number of carbonyl (C=O) groups excluding carboxylic acids is 2. The monoisotopic (exact) mass is 367 g/mol. The summed E-state index contributed by atoms with van der Waals surface area (Å²) < 4.78 is 0. The second kappa shape index (κ2) is 8.44. The molecule has 0 fully saturated rings. The average Bonchev–Trinajstić information content (AvgIpc) is 2.95. The van der Waals surface area contributed by atoms with Crippen LogP contribution < -0.4 is 10.6 Å². The summed E-state index contributed by atoms with van der Waals surface area (Å²) in [5.74, 6) is 0.113. The molecule has 4 rings (SSSR count). The van der Waals surface area contributed by atoms with E-state index < -0.39 is 4.92 Å². The number of benzene rings is 2.